The summed E-state index contributed by atoms with van der Waals surface area (Å²) < 4.78 is 0.946. The van der Waals surface area contributed by atoms with Gasteiger partial charge in [0.05, 0.1) is 5.56 Å². The second-order valence-corrected chi connectivity index (χ2v) is 8.19. The van der Waals surface area contributed by atoms with Crippen molar-refractivity contribution in [2.75, 3.05) is 5.32 Å². The van der Waals surface area contributed by atoms with E-state index in [0.29, 0.717) is 11.1 Å². The van der Waals surface area contributed by atoms with Gasteiger partial charge in [-0.1, -0.05) is 23.8 Å². The largest absolute Gasteiger partial charge is 0.359 e. The molecule has 2 aromatic carbocycles. The third kappa shape index (κ3) is 3.82. The number of benzene rings is 2. The van der Waals surface area contributed by atoms with Crippen LogP contribution in [0, 0.1) is 17.4 Å². The topological polar surface area (TPSA) is 74.3 Å². The van der Waals surface area contributed by atoms with E-state index in [1.54, 1.807) is 24.5 Å². The van der Waals surface area contributed by atoms with E-state index in [4.69, 9.17) is 0 Å². The maximum Gasteiger partial charge on any atom is 0.276 e. The van der Waals surface area contributed by atoms with Gasteiger partial charge in [-0.2, -0.15) is 0 Å². The number of rotatable bonds is 3. The highest BCUT2D eigenvalue weighted by molar-refractivity contribution is 14.1. The van der Waals surface area contributed by atoms with Gasteiger partial charge in [-0.15, -0.1) is 0 Å². The summed E-state index contributed by atoms with van der Waals surface area (Å²) in [4.78, 5) is 30.1. The number of fused-ring (bicyclic) bond motifs is 1. The van der Waals surface area contributed by atoms with Crippen molar-refractivity contribution in [3.8, 4) is 0 Å². The van der Waals surface area contributed by atoms with Crippen molar-refractivity contribution < 1.29 is 9.59 Å². The van der Waals surface area contributed by atoms with Crippen LogP contribution in [0.15, 0.2) is 60.9 Å². The number of carbonyl (C=O) groups excluding carboxylic acids is 2. The van der Waals surface area contributed by atoms with Crippen LogP contribution in [0.1, 0.15) is 43.6 Å². The summed E-state index contributed by atoms with van der Waals surface area (Å²) in [6, 6.07) is 14.9. The van der Waals surface area contributed by atoms with Gasteiger partial charge in [-0.3, -0.25) is 20.0 Å². The summed E-state index contributed by atoms with van der Waals surface area (Å²) >= 11 is 2.17. The van der Waals surface area contributed by atoms with Crippen molar-refractivity contribution in [1.29, 1.82) is 0 Å². The molecule has 2 amide bonds. The van der Waals surface area contributed by atoms with Crippen LogP contribution in [-0.2, 0) is 0 Å². The van der Waals surface area contributed by atoms with E-state index in [1.165, 1.54) is 5.01 Å². The highest BCUT2D eigenvalue weighted by Crippen LogP contribution is 2.34. The number of carbonyl (C=O) groups is 2. The normalized spacial score (nSPS) is 15.5. The lowest BCUT2D eigenvalue weighted by Gasteiger charge is -2.38. The number of hydrazine groups is 1. The standard InChI is InChI=1S/C22H19IN4O2/c1-13-3-5-17(14(2)11-13)20-25-19-6-4-16(23)12-18(19)22(29)27(20)26-21(28)15-7-9-24-10-8-15/h3-12,20,25H,1-2H3,(H,26,28)/t20-/m1/s1. The Hall–Kier alpha value is -2.94. The van der Waals surface area contributed by atoms with Crippen LogP contribution in [0.2, 0.25) is 0 Å². The predicted octanol–water partition coefficient (Wildman–Crippen LogP) is 4.21. The van der Waals surface area contributed by atoms with E-state index in [9.17, 15) is 9.59 Å². The monoisotopic (exact) mass is 498 g/mol. The van der Waals surface area contributed by atoms with E-state index in [1.807, 2.05) is 44.2 Å². The van der Waals surface area contributed by atoms with E-state index < -0.39 is 6.17 Å². The first kappa shape index (κ1) is 19.4. The zero-order valence-electron chi connectivity index (χ0n) is 15.9. The van der Waals surface area contributed by atoms with Crippen LogP contribution in [-0.4, -0.2) is 21.8 Å². The molecule has 6 nitrogen and oxygen atoms in total. The summed E-state index contributed by atoms with van der Waals surface area (Å²) in [5, 5.41) is 4.79. The lowest BCUT2D eigenvalue weighted by atomic mass is 10.00. The third-order valence-corrected chi connectivity index (χ3v) is 5.54. The Bertz CT molecular complexity index is 1100. The van der Waals surface area contributed by atoms with E-state index >= 15 is 0 Å². The smallest absolute Gasteiger partial charge is 0.276 e. The van der Waals surface area contributed by atoms with Crippen LogP contribution < -0.4 is 10.7 Å². The van der Waals surface area contributed by atoms with E-state index in [2.05, 4.69) is 44.4 Å². The van der Waals surface area contributed by atoms with Gasteiger partial charge in [0, 0.05) is 27.2 Å². The Morgan fingerprint density at radius 2 is 1.86 bits per heavy atom. The number of amides is 2. The number of pyridine rings is 1. The molecular weight excluding hydrogens is 479 g/mol. The van der Waals surface area contributed by atoms with Gasteiger partial charge in [-0.25, -0.2) is 5.01 Å². The van der Waals surface area contributed by atoms with Crippen molar-refractivity contribution in [2.24, 2.45) is 0 Å². The Morgan fingerprint density at radius 3 is 2.59 bits per heavy atom. The van der Waals surface area contributed by atoms with E-state index in [0.717, 1.165) is 25.9 Å². The Balaban J connectivity index is 1.77. The molecule has 2 heterocycles. The minimum atomic E-state index is -0.526. The van der Waals surface area contributed by atoms with Crippen LogP contribution in [0.4, 0.5) is 5.69 Å². The minimum absolute atomic E-state index is 0.260. The molecule has 0 bridgehead atoms. The van der Waals surface area contributed by atoms with Gasteiger partial charge in [0.15, 0.2) is 0 Å². The lowest BCUT2D eigenvalue weighted by Crippen LogP contribution is -2.53. The van der Waals surface area contributed by atoms with Crippen LogP contribution >= 0.6 is 22.6 Å². The number of aromatic nitrogens is 1. The predicted molar refractivity (Wildman–Crippen MR) is 119 cm³/mol. The second-order valence-electron chi connectivity index (χ2n) is 6.95. The van der Waals surface area contributed by atoms with Crippen molar-refractivity contribution in [3.05, 3.63) is 92.3 Å². The van der Waals surface area contributed by atoms with E-state index in [-0.39, 0.29) is 11.8 Å². The molecule has 0 saturated carbocycles. The number of anilines is 1. The average Bonchev–Trinajstić information content (AvgIpc) is 2.71. The van der Waals surface area contributed by atoms with Gasteiger partial charge in [0.25, 0.3) is 11.8 Å². The van der Waals surface area contributed by atoms with Crippen molar-refractivity contribution in [1.82, 2.24) is 15.4 Å². The maximum atomic E-state index is 13.4. The summed E-state index contributed by atoms with van der Waals surface area (Å²) in [6.45, 7) is 4.03. The van der Waals surface area contributed by atoms with Gasteiger partial charge in [0.1, 0.15) is 6.17 Å². The lowest BCUT2D eigenvalue weighted by molar-refractivity contribution is 0.0490. The molecule has 1 aliphatic rings. The molecule has 1 atom stereocenters. The molecule has 1 aromatic heterocycles. The third-order valence-electron chi connectivity index (χ3n) is 4.87. The number of aryl methyl sites for hydroxylation is 2. The quantitative estimate of drug-likeness (QED) is 0.531. The fraction of sp³-hybridized carbons (Fsp3) is 0.136. The molecule has 0 unspecified atom stereocenters. The zero-order valence-corrected chi connectivity index (χ0v) is 18.1. The summed E-state index contributed by atoms with van der Waals surface area (Å²) in [5.41, 5.74) is 7.57. The molecule has 0 aliphatic carbocycles. The van der Waals surface area contributed by atoms with Gasteiger partial charge in [-0.05, 0) is 77.9 Å². The van der Waals surface area contributed by atoms with Crippen LogP contribution in [0.3, 0.4) is 0 Å². The van der Waals surface area contributed by atoms with Crippen molar-refractivity contribution >= 4 is 40.1 Å². The average molecular weight is 498 g/mol. The van der Waals surface area contributed by atoms with Crippen molar-refractivity contribution in [3.63, 3.8) is 0 Å². The number of halogens is 1. The second kappa shape index (κ2) is 7.82. The molecule has 7 heteroatoms. The van der Waals surface area contributed by atoms with Gasteiger partial charge >= 0.3 is 0 Å². The maximum absolute atomic E-state index is 13.4. The number of hydrogen-bond donors (Lipinski definition) is 2. The Labute approximate surface area is 182 Å². The van der Waals surface area contributed by atoms with Gasteiger partial charge < -0.3 is 5.32 Å². The molecule has 0 spiro atoms. The first-order valence-corrected chi connectivity index (χ1v) is 10.2. The molecule has 0 saturated heterocycles. The molecule has 0 fully saturated rings. The summed E-state index contributed by atoms with van der Waals surface area (Å²) in [5.74, 6) is -0.629. The Morgan fingerprint density at radius 1 is 1.10 bits per heavy atom. The Kier molecular flexibility index (Phi) is 5.23. The first-order chi connectivity index (χ1) is 13.9. The summed E-state index contributed by atoms with van der Waals surface area (Å²) in [6.07, 6.45) is 2.57. The number of hydrogen-bond acceptors (Lipinski definition) is 4. The van der Waals surface area contributed by atoms with Gasteiger partial charge in [0.2, 0.25) is 0 Å². The first-order valence-electron chi connectivity index (χ1n) is 9.12. The molecule has 29 heavy (non-hydrogen) atoms. The molecule has 4 rings (SSSR count). The SMILES string of the molecule is Cc1ccc([C@@H]2Nc3ccc(I)cc3C(=O)N2NC(=O)c2ccncc2)c(C)c1. The number of nitrogens with zero attached hydrogens (tertiary/aromatic N) is 2. The summed E-state index contributed by atoms with van der Waals surface area (Å²) in [7, 11) is 0. The fourth-order valence-corrected chi connectivity index (χ4v) is 3.91. The van der Waals surface area contributed by atoms with Crippen LogP contribution in [0.5, 0.6) is 0 Å². The zero-order chi connectivity index (χ0) is 20.5. The fourth-order valence-electron chi connectivity index (χ4n) is 3.42. The molecular formula is C22H19IN4O2. The van der Waals surface area contributed by atoms with Crippen LogP contribution in [0.25, 0.3) is 0 Å². The molecule has 1 aliphatic heterocycles. The molecule has 3 aromatic rings. The van der Waals surface area contributed by atoms with Crippen molar-refractivity contribution in [2.45, 2.75) is 20.0 Å². The minimum Gasteiger partial charge on any atom is -0.359 e. The number of nitrogens with one attached hydrogen (secondary N) is 2. The highest BCUT2D eigenvalue weighted by Gasteiger charge is 2.35. The highest BCUT2D eigenvalue weighted by atomic mass is 127. The molecule has 146 valence electrons. The molecule has 0 radical (unpaired) electrons. The molecule has 2 N–H and O–H groups in total.